The van der Waals surface area contributed by atoms with Crippen LogP contribution in [0.2, 0.25) is 5.15 Å². The molecule has 0 aliphatic carbocycles. The highest BCUT2D eigenvalue weighted by atomic mass is 35.5. The number of benzene rings is 1. The summed E-state index contributed by atoms with van der Waals surface area (Å²) < 4.78 is 4.97. The fourth-order valence-electron chi connectivity index (χ4n) is 1.11. The zero-order valence-electron chi connectivity index (χ0n) is 9.13. The van der Waals surface area contributed by atoms with E-state index in [0.29, 0.717) is 11.6 Å². The van der Waals surface area contributed by atoms with Gasteiger partial charge in [0.15, 0.2) is 5.82 Å². The molecule has 0 saturated heterocycles. The van der Waals surface area contributed by atoms with E-state index in [-0.39, 0.29) is 5.15 Å². The number of anilines is 1. The van der Waals surface area contributed by atoms with Crippen LogP contribution in [0.4, 0.5) is 10.6 Å². The number of hydrogen-bond acceptors (Lipinski definition) is 5. The number of halogens is 1. The number of nitrogens with zero attached hydrogens (tertiary/aromatic N) is 2. The molecule has 0 bridgehead atoms. The molecule has 0 aliphatic heterocycles. The molecule has 0 radical (unpaired) electrons. The van der Waals surface area contributed by atoms with Crippen molar-refractivity contribution in [2.75, 3.05) is 5.43 Å². The topological polar surface area (TPSA) is 76.1 Å². The van der Waals surface area contributed by atoms with Crippen LogP contribution in [0.1, 0.15) is 0 Å². The number of rotatable bonds is 3. The molecule has 0 spiro atoms. The first-order valence-corrected chi connectivity index (χ1v) is 5.38. The molecule has 1 aromatic carbocycles. The summed E-state index contributed by atoms with van der Waals surface area (Å²) in [6.45, 7) is 0. The van der Waals surface area contributed by atoms with Gasteiger partial charge in [-0.05, 0) is 12.1 Å². The molecule has 1 aromatic heterocycles. The van der Waals surface area contributed by atoms with Gasteiger partial charge in [0, 0.05) is 0 Å². The predicted octanol–water partition coefficient (Wildman–Crippen LogP) is 2.25. The third-order valence-corrected chi connectivity index (χ3v) is 2.06. The summed E-state index contributed by atoms with van der Waals surface area (Å²) in [4.78, 5) is 19.1. The summed E-state index contributed by atoms with van der Waals surface area (Å²) in [6, 6.07) is 8.69. The van der Waals surface area contributed by atoms with Crippen molar-refractivity contribution >= 4 is 23.5 Å². The van der Waals surface area contributed by atoms with Crippen LogP contribution in [0.15, 0.2) is 42.7 Å². The first-order chi connectivity index (χ1) is 8.74. The molecule has 7 heteroatoms. The molecule has 0 aliphatic rings. The number of para-hydroxylation sites is 1. The van der Waals surface area contributed by atoms with Gasteiger partial charge in [-0.25, -0.2) is 20.2 Å². The third kappa shape index (κ3) is 3.60. The van der Waals surface area contributed by atoms with E-state index < -0.39 is 6.09 Å². The lowest BCUT2D eigenvalue weighted by Gasteiger charge is -2.07. The van der Waals surface area contributed by atoms with Gasteiger partial charge in [0.1, 0.15) is 10.9 Å². The highest BCUT2D eigenvalue weighted by molar-refractivity contribution is 6.29. The summed E-state index contributed by atoms with van der Waals surface area (Å²) in [6.07, 6.45) is 2.08. The second kappa shape index (κ2) is 5.83. The monoisotopic (exact) mass is 264 g/mol. The van der Waals surface area contributed by atoms with Gasteiger partial charge in [-0.15, -0.1) is 0 Å². The van der Waals surface area contributed by atoms with Gasteiger partial charge < -0.3 is 4.74 Å². The van der Waals surface area contributed by atoms with E-state index in [4.69, 9.17) is 16.3 Å². The number of hydrogen-bond donors (Lipinski definition) is 2. The molecule has 0 fully saturated rings. The number of carbonyl (C=O) groups excluding carboxylic acids is 1. The maximum Gasteiger partial charge on any atom is 0.431 e. The van der Waals surface area contributed by atoms with Gasteiger partial charge in [-0.1, -0.05) is 29.8 Å². The van der Waals surface area contributed by atoms with E-state index in [1.54, 1.807) is 24.3 Å². The SMILES string of the molecule is O=C(NNc1cnc(Cl)cn1)Oc1ccccc1. The van der Waals surface area contributed by atoms with Crippen molar-refractivity contribution in [1.29, 1.82) is 0 Å². The Morgan fingerprint density at radius 2 is 1.94 bits per heavy atom. The summed E-state index contributed by atoms with van der Waals surface area (Å²) in [5, 5.41) is 0.271. The van der Waals surface area contributed by atoms with Crippen molar-refractivity contribution in [2.24, 2.45) is 0 Å². The Morgan fingerprint density at radius 3 is 2.61 bits per heavy atom. The number of amides is 1. The molecule has 0 atom stereocenters. The molecule has 0 unspecified atom stereocenters. The highest BCUT2D eigenvalue weighted by Gasteiger charge is 2.03. The van der Waals surface area contributed by atoms with Gasteiger partial charge in [-0.2, -0.15) is 0 Å². The molecule has 0 saturated carbocycles. The van der Waals surface area contributed by atoms with Crippen LogP contribution in [0.25, 0.3) is 0 Å². The van der Waals surface area contributed by atoms with E-state index >= 15 is 0 Å². The van der Waals surface area contributed by atoms with Gasteiger partial charge in [0.25, 0.3) is 0 Å². The number of aromatic nitrogens is 2. The molecule has 1 heterocycles. The van der Waals surface area contributed by atoms with Crippen LogP contribution in [-0.2, 0) is 0 Å². The summed E-state index contributed by atoms with van der Waals surface area (Å²) in [5.74, 6) is 0.795. The Hall–Kier alpha value is -2.34. The minimum atomic E-state index is -0.655. The summed E-state index contributed by atoms with van der Waals surface area (Å²) >= 11 is 5.57. The average Bonchev–Trinajstić information content (AvgIpc) is 2.39. The van der Waals surface area contributed by atoms with Gasteiger partial charge in [0.05, 0.1) is 12.4 Å². The second-order valence-electron chi connectivity index (χ2n) is 3.18. The summed E-state index contributed by atoms with van der Waals surface area (Å²) in [5.41, 5.74) is 4.85. The molecular weight excluding hydrogens is 256 g/mol. The average molecular weight is 265 g/mol. The Morgan fingerprint density at radius 1 is 1.17 bits per heavy atom. The van der Waals surface area contributed by atoms with Crippen molar-refractivity contribution in [3.05, 3.63) is 47.9 Å². The maximum absolute atomic E-state index is 11.4. The van der Waals surface area contributed by atoms with Crippen molar-refractivity contribution in [1.82, 2.24) is 15.4 Å². The van der Waals surface area contributed by atoms with Crippen LogP contribution >= 0.6 is 11.6 Å². The van der Waals surface area contributed by atoms with Crippen molar-refractivity contribution < 1.29 is 9.53 Å². The quantitative estimate of drug-likeness (QED) is 0.832. The molecule has 18 heavy (non-hydrogen) atoms. The fraction of sp³-hybridized carbons (Fsp3) is 0. The second-order valence-corrected chi connectivity index (χ2v) is 3.56. The third-order valence-electron chi connectivity index (χ3n) is 1.87. The van der Waals surface area contributed by atoms with Gasteiger partial charge in [0.2, 0.25) is 0 Å². The standard InChI is InChI=1S/C11H9ClN4O2/c12-9-6-14-10(7-13-9)15-16-11(17)18-8-4-2-1-3-5-8/h1-7H,(H,14,15)(H,16,17). The molecule has 2 N–H and O–H groups in total. The minimum absolute atomic E-state index is 0.271. The molecule has 92 valence electrons. The van der Waals surface area contributed by atoms with E-state index in [0.717, 1.165) is 0 Å². The van der Waals surface area contributed by atoms with Gasteiger partial charge in [-0.3, -0.25) is 5.43 Å². The maximum atomic E-state index is 11.4. The first kappa shape index (κ1) is 12.1. The number of nitrogens with one attached hydrogen (secondary N) is 2. The van der Waals surface area contributed by atoms with Crippen molar-refractivity contribution in [2.45, 2.75) is 0 Å². The molecule has 2 aromatic rings. The van der Waals surface area contributed by atoms with Crippen LogP contribution in [0.3, 0.4) is 0 Å². The van der Waals surface area contributed by atoms with E-state index in [2.05, 4.69) is 20.8 Å². The summed E-state index contributed by atoms with van der Waals surface area (Å²) in [7, 11) is 0. The van der Waals surface area contributed by atoms with E-state index in [1.807, 2.05) is 6.07 Å². The van der Waals surface area contributed by atoms with Crippen molar-refractivity contribution in [3.8, 4) is 5.75 Å². The fourth-order valence-corrected chi connectivity index (χ4v) is 1.21. The van der Waals surface area contributed by atoms with Crippen LogP contribution in [-0.4, -0.2) is 16.1 Å². The molecule has 2 rings (SSSR count). The Balaban J connectivity index is 1.83. The van der Waals surface area contributed by atoms with Crippen LogP contribution < -0.4 is 15.6 Å². The zero-order chi connectivity index (χ0) is 12.8. The molecular formula is C11H9ClN4O2. The van der Waals surface area contributed by atoms with E-state index in [9.17, 15) is 4.79 Å². The Kier molecular flexibility index (Phi) is 3.93. The largest absolute Gasteiger partial charge is 0.431 e. The first-order valence-electron chi connectivity index (χ1n) is 5.00. The highest BCUT2D eigenvalue weighted by Crippen LogP contribution is 2.08. The van der Waals surface area contributed by atoms with Gasteiger partial charge >= 0.3 is 6.09 Å². The normalized spacial score (nSPS) is 9.61. The number of carbonyl (C=O) groups is 1. The zero-order valence-corrected chi connectivity index (χ0v) is 9.89. The Labute approximate surface area is 108 Å². The number of hydrazine groups is 1. The lowest BCUT2D eigenvalue weighted by Crippen LogP contribution is -2.32. The number of ether oxygens (including phenoxy) is 1. The molecule has 1 amide bonds. The lowest BCUT2D eigenvalue weighted by molar-refractivity contribution is 0.203. The minimum Gasteiger partial charge on any atom is -0.409 e. The van der Waals surface area contributed by atoms with Crippen LogP contribution in [0, 0.1) is 0 Å². The smallest absolute Gasteiger partial charge is 0.409 e. The van der Waals surface area contributed by atoms with Crippen LogP contribution in [0.5, 0.6) is 5.75 Å². The molecule has 6 nitrogen and oxygen atoms in total. The Bertz CT molecular complexity index is 518. The lowest BCUT2D eigenvalue weighted by atomic mass is 10.3. The predicted molar refractivity (Wildman–Crippen MR) is 66.3 cm³/mol. The van der Waals surface area contributed by atoms with E-state index in [1.165, 1.54) is 12.4 Å². The van der Waals surface area contributed by atoms with Crippen molar-refractivity contribution in [3.63, 3.8) is 0 Å².